The van der Waals surface area contributed by atoms with Gasteiger partial charge in [-0.1, -0.05) is 35.2 Å². The standard InChI is InChI=1S/C17H22BrN3O/c1-13(20-15-8-6-14(18)7-9-15)16(22)21(2)17(12-19)10-4-3-5-11-17/h6-9,13,20H,3-5,10-11H2,1-2H3/t13-/m1/s1. The van der Waals surface area contributed by atoms with Gasteiger partial charge in [0.25, 0.3) is 0 Å². The Hall–Kier alpha value is -1.54. The first-order valence-corrected chi connectivity index (χ1v) is 8.49. The first kappa shape index (κ1) is 16.8. The molecule has 1 saturated carbocycles. The number of carbonyl (C=O) groups excluding carboxylic acids is 1. The monoisotopic (exact) mass is 363 g/mol. The smallest absolute Gasteiger partial charge is 0.245 e. The number of hydrogen-bond donors (Lipinski definition) is 1. The molecule has 1 N–H and O–H groups in total. The summed E-state index contributed by atoms with van der Waals surface area (Å²) in [6.07, 6.45) is 4.73. The number of nitrogens with one attached hydrogen (secondary N) is 1. The molecule has 0 bridgehead atoms. The van der Waals surface area contributed by atoms with Gasteiger partial charge in [-0.3, -0.25) is 4.79 Å². The molecule has 2 rings (SSSR count). The average Bonchev–Trinajstić information content (AvgIpc) is 2.56. The molecule has 118 valence electrons. The highest BCUT2D eigenvalue weighted by Gasteiger charge is 2.39. The van der Waals surface area contributed by atoms with E-state index in [4.69, 9.17) is 0 Å². The number of amides is 1. The maximum absolute atomic E-state index is 12.7. The fraction of sp³-hybridized carbons (Fsp3) is 0.529. The van der Waals surface area contributed by atoms with Gasteiger partial charge in [0.05, 0.1) is 6.07 Å². The van der Waals surface area contributed by atoms with E-state index < -0.39 is 5.54 Å². The van der Waals surface area contributed by atoms with Crippen molar-refractivity contribution in [2.24, 2.45) is 0 Å². The van der Waals surface area contributed by atoms with Crippen LogP contribution in [-0.2, 0) is 4.79 Å². The summed E-state index contributed by atoms with van der Waals surface area (Å²) < 4.78 is 1.000. The third kappa shape index (κ3) is 3.61. The van der Waals surface area contributed by atoms with E-state index in [1.54, 1.807) is 11.9 Å². The van der Waals surface area contributed by atoms with E-state index in [2.05, 4.69) is 27.3 Å². The van der Waals surface area contributed by atoms with Crippen molar-refractivity contribution in [3.05, 3.63) is 28.7 Å². The average molecular weight is 364 g/mol. The van der Waals surface area contributed by atoms with Crippen LogP contribution in [0, 0.1) is 11.3 Å². The number of carbonyl (C=O) groups is 1. The van der Waals surface area contributed by atoms with Crippen LogP contribution in [0.2, 0.25) is 0 Å². The summed E-state index contributed by atoms with van der Waals surface area (Å²) in [5, 5.41) is 12.8. The maximum Gasteiger partial charge on any atom is 0.245 e. The third-order valence-electron chi connectivity index (χ3n) is 4.46. The SMILES string of the molecule is C[C@@H](Nc1ccc(Br)cc1)C(=O)N(C)C1(C#N)CCCCC1. The van der Waals surface area contributed by atoms with E-state index in [1.807, 2.05) is 31.2 Å². The third-order valence-corrected chi connectivity index (χ3v) is 4.99. The minimum atomic E-state index is -0.634. The van der Waals surface area contributed by atoms with Crippen LogP contribution in [0.25, 0.3) is 0 Å². The van der Waals surface area contributed by atoms with Crippen molar-refractivity contribution < 1.29 is 4.79 Å². The molecule has 1 amide bonds. The lowest BCUT2D eigenvalue weighted by atomic mass is 9.81. The summed E-state index contributed by atoms with van der Waals surface area (Å²) >= 11 is 3.39. The molecule has 1 aliphatic rings. The fourth-order valence-corrected chi connectivity index (χ4v) is 3.28. The predicted molar refractivity (Wildman–Crippen MR) is 91.4 cm³/mol. The molecule has 1 aliphatic carbocycles. The second kappa shape index (κ2) is 7.15. The van der Waals surface area contributed by atoms with E-state index in [0.29, 0.717) is 0 Å². The van der Waals surface area contributed by atoms with Crippen molar-refractivity contribution in [3.63, 3.8) is 0 Å². The van der Waals surface area contributed by atoms with Crippen LogP contribution in [0.3, 0.4) is 0 Å². The Morgan fingerprint density at radius 1 is 1.32 bits per heavy atom. The summed E-state index contributed by atoms with van der Waals surface area (Å²) in [6, 6.07) is 9.75. The zero-order valence-electron chi connectivity index (χ0n) is 13.1. The Balaban J connectivity index is 2.05. The van der Waals surface area contributed by atoms with E-state index in [0.717, 1.165) is 42.3 Å². The molecule has 4 nitrogen and oxygen atoms in total. The molecular weight excluding hydrogens is 342 g/mol. The van der Waals surface area contributed by atoms with E-state index in [-0.39, 0.29) is 11.9 Å². The van der Waals surface area contributed by atoms with Crippen LogP contribution < -0.4 is 5.32 Å². The number of rotatable bonds is 4. The molecule has 0 radical (unpaired) electrons. The molecule has 0 saturated heterocycles. The molecule has 1 fully saturated rings. The Kier molecular flexibility index (Phi) is 5.47. The molecule has 0 unspecified atom stereocenters. The largest absolute Gasteiger partial charge is 0.374 e. The zero-order valence-corrected chi connectivity index (χ0v) is 14.7. The summed E-state index contributed by atoms with van der Waals surface area (Å²) in [5.74, 6) is -0.0358. The first-order valence-electron chi connectivity index (χ1n) is 7.69. The predicted octanol–water partition coefficient (Wildman–Crippen LogP) is 3.93. The lowest BCUT2D eigenvalue weighted by Gasteiger charge is -2.40. The van der Waals surface area contributed by atoms with E-state index >= 15 is 0 Å². The van der Waals surface area contributed by atoms with Crippen LogP contribution in [0.15, 0.2) is 28.7 Å². The van der Waals surface area contributed by atoms with Crippen LogP contribution in [0.4, 0.5) is 5.69 Å². The highest BCUT2D eigenvalue weighted by molar-refractivity contribution is 9.10. The van der Waals surface area contributed by atoms with Crippen molar-refractivity contribution in [1.29, 1.82) is 5.26 Å². The van der Waals surface area contributed by atoms with Gasteiger partial charge in [0.2, 0.25) is 5.91 Å². The number of likely N-dealkylation sites (N-methyl/N-ethyl adjacent to an activating group) is 1. The fourth-order valence-electron chi connectivity index (χ4n) is 3.02. The lowest BCUT2D eigenvalue weighted by molar-refractivity contribution is -0.135. The second-order valence-electron chi connectivity index (χ2n) is 5.97. The van der Waals surface area contributed by atoms with E-state index in [1.165, 1.54) is 0 Å². The molecule has 0 spiro atoms. The Morgan fingerprint density at radius 3 is 2.45 bits per heavy atom. The van der Waals surface area contributed by atoms with Crippen molar-refractivity contribution in [3.8, 4) is 6.07 Å². The van der Waals surface area contributed by atoms with Crippen LogP contribution in [-0.4, -0.2) is 29.4 Å². The van der Waals surface area contributed by atoms with Crippen LogP contribution in [0.5, 0.6) is 0 Å². The van der Waals surface area contributed by atoms with Gasteiger partial charge in [0.1, 0.15) is 11.6 Å². The molecular formula is C17H22BrN3O. The lowest BCUT2D eigenvalue weighted by Crippen LogP contribution is -2.53. The van der Waals surface area contributed by atoms with Gasteiger partial charge in [-0.15, -0.1) is 0 Å². The van der Waals surface area contributed by atoms with Crippen molar-refractivity contribution in [2.45, 2.75) is 50.6 Å². The van der Waals surface area contributed by atoms with Crippen molar-refractivity contribution in [1.82, 2.24) is 4.90 Å². The molecule has 0 aliphatic heterocycles. The van der Waals surface area contributed by atoms with Gasteiger partial charge in [-0.25, -0.2) is 0 Å². The van der Waals surface area contributed by atoms with Crippen molar-refractivity contribution in [2.75, 3.05) is 12.4 Å². The van der Waals surface area contributed by atoms with Gasteiger partial charge >= 0.3 is 0 Å². The number of nitrogens with zero attached hydrogens (tertiary/aromatic N) is 2. The van der Waals surface area contributed by atoms with Gasteiger partial charge in [-0.05, 0) is 44.0 Å². The highest BCUT2D eigenvalue weighted by atomic mass is 79.9. The summed E-state index contributed by atoms with van der Waals surface area (Å²) in [5.41, 5.74) is 0.262. The number of anilines is 1. The molecule has 1 atom stereocenters. The van der Waals surface area contributed by atoms with Crippen LogP contribution >= 0.6 is 15.9 Å². The summed E-state index contributed by atoms with van der Waals surface area (Å²) in [4.78, 5) is 14.3. The zero-order chi connectivity index (χ0) is 16.2. The summed E-state index contributed by atoms with van der Waals surface area (Å²) in [7, 11) is 1.76. The second-order valence-corrected chi connectivity index (χ2v) is 6.89. The molecule has 0 aromatic heterocycles. The van der Waals surface area contributed by atoms with Crippen molar-refractivity contribution >= 4 is 27.5 Å². The van der Waals surface area contributed by atoms with Crippen LogP contribution in [0.1, 0.15) is 39.0 Å². The highest BCUT2D eigenvalue weighted by Crippen LogP contribution is 2.32. The number of nitriles is 1. The molecule has 0 heterocycles. The van der Waals surface area contributed by atoms with Gasteiger partial charge in [0.15, 0.2) is 0 Å². The Labute approximate surface area is 140 Å². The van der Waals surface area contributed by atoms with Gasteiger partial charge in [0, 0.05) is 17.2 Å². The number of halogens is 1. The van der Waals surface area contributed by atoms with Gasteiger partial charge < -0.3 is 10.2 Å². The number of hydrogen-bond acceptors (Lipinski definition) is 3. The normalized spacial score (nSPS) is 18.1. The first-order chi connectivity index (χ1) is 10.5. The number of benzene rings is 1. The molecule has 1 aromatic rings. The summed E-state index contributed by atoms with van der Waals surface area (Å²) in [6.45, 7) is 1.84. The van der Waals surface area contributed by atoms with E-state index in [9.17, 15) is 10.1 Å². The minimum absolute atomic E-state index is 0.0358. The maximum atomic E-state index is 12.7. The molecule has 22 heavy (non-hydrogen) atoms. The topological polar surface area (TPSA) is 56.1 Å². The minimum Gasteiger partial charge on any atom is -0.374 e. The Bertz CT molecular complexity index is 558. The Morgan fingerprint density at radius 2 is 1.91 bits per heavy atom. The quantitative estimate of drug-likeness (QED) is 0.881. The molecule has 5 heteroatoms. The molecule has 1 aromatic carbocycles. The van der Waals surface area contributed by atoms with Gasteiger partial charge in [-0.2, -0.15) is 5.26 Å².